The third-order valence-electron chi connectivity index (χ3n) is 1.21. The SMILES string of the molecule is CC(CCl)(CCl)NS(=O)(=O)C(F)F. The van der Waals surface area contributed by atoms with E-state index < -0.39 is 21.3 Å². The highest BCUT2D eigenvalue weighted by Crippen LogP contribution is 2.13. The van der Waals surface area contributed by atoms with E-state index >= 15 is 0 Å². The Bertz CT molecular complexity index is 253. The molecule has 8 heteroatoms. The first-order valence-corrected chi connectivity index (χ1v) is 5.82. The van der Waals surface area contributed by atoms with E-state index in [0.717, 1.165) is 0 Å². The molecule has 0 amide bonds. The zero-order valence-electron chi connectivity index (χ0n) is 6.73. The van der Waals surface area contributed by atoms with Gasteiger partial charge in [0.25, 0.3) is 10.0 Å². The summed E-state index contributed by atoms with van der Waals surface area (Å²) >= 11 is 10.7. The third-order valence-corrected chi connectivity index (χ3v) is 3.64. The molecule has 0 radical (unpaired) electrons. The predicted molar refractivity (Wildman–Crippen MR) is 47.9 cm³/mol. The number of hydrogen-bond acceptors (Lipinski definition) is 2. The highest BCUT2D eigenvalue weighted by molar-refractivity contribution is 7.89. The van der Waals surface area contributed by atoms with Gasteiger partial charge in [-0.05, 0) is 6.92 Å². The molecule has 0 aliphatic carbocycles. The first-order chi connectivity index (χ1) is 5.77. The Morgan fingerprint density at radius 1 is 1.38 bits per heavy atom. The molecule has 80 valence electrons. The van der Waals surface area contributed by atoms with Gasteiger partial charge in [-0.2, -0.15) is 8.78 Å². The van der Waals surface area contributed by atoms with Crippen LogP contribution in [0, 0.1) is 0 Å². The maximum absolute atomic E-state index is 11.9. The van der Waals surface area contributed by atoms with Gasteiger partial charge in [0.1, 0.15) is 0 Å². The average molecular weight is 256 g/mol. The molecule has 0 aliphatic rings. The summed E-state index contributed by atoms with van der Waals surface area (Å²) in [5, 5.41) is 0. The third kappa shape index (κ3) is 3.93. The molecule has 0 unspecified atom stereocenters. The van der Waals surface area contributed by atoms with E-state index in [1.165, 1.54) is 6.92 Å². The molecule has 0 bridgehead atoms. The Morgan fingerprint density at radius 2 is 1.77 bits per heavy atom. The van der Waals surface area contributed by atoms with Crippen LogP contribution in [-0.2, 0) is 10.0 Å². The average Bonchev–Trinajstić information content (AvgIpc) is 2.03. The van der Waals surface area contributed by atoms with Crippen LogP contribution in [-0.4, -0.2) is 31.5 Å². The van der Waals surface area contributed by atoms with Crippen molar-refractivity contribution < 1.29 is 17.2 Å². The van der Waals surface area contributed by atoms with Crippen LogP contribution in [0.1, 0.15) is 6.92 Å². The van der Waals surface area contributed by atoms with Crippen LogP contribution in [0.2, 0.25) is 0 Å². The summed E-state index contributed by atoms with van der Waals surface area (Å²) in [7, 11) is -4.63. The van der Waals surface area contributed by atoms with Gasteiger partial charge in [0.15, 0.2) is 0 Å². The lowest BCUT2D eigenvalue weighted by Crippen LogP contribution is -2.50. The molecule has 13 heavy (non-hydrogen) atoms. The Kier molecular flexibility index (Phi) is 4.85. The van der Waals surface area contributed by atoms with Crippen LogP contribution >= 0.6 is 23.2 Å². The highest BCUT2D eigenvalue weighted by Gasteiger charge is 2.33. The lowest BCUT2D eigenvalue weighted by atomic mass is 10.1. The lowest BCUT2D eigenvalue weighted by molar-refractivity contribution is 0.230. The summed E-state index contributed by atoms with van der Waals surface area (Å²) in [6.45, 7) is 1.34. The minimum absolute atomic E-state index is 0.178. The van der Waals surface area contributed by atoms with Gasteiger partial charge in [-0.25, -0.2) is 13.1 Å². The second-order valence-electron chi connectivity index (χ2n) is 2.74. The van der Waals surface area contributed by atoms with Crippen LogP contribution in [0.15, 0.2) is 0 Å². The van der Waals surface area contributed by atoms with E-state index in [4.69, 9.17) is 23.2 Å². The maximum atomic E-state index is 11.9. The number of rotatable bonds is 5. The standard InChI is InChI=1S/C5H9Cl2F2NO2S/c1-5(2-6,3-7)10-13(11,12)4(8)9/h4,10H,2-3H2,1H3. The quantitative estimate of drug-likeness (QED) is 0.755. The first kappa shape index (κ1) is 13.4. The lowest BCUT2D eigenvalue weighted by Gasteiger charge is -2.24. The Balaban J connectivity index is 4.60. The molecule has 0 saturated heterocycles. The van der Waals surface area contributed by atoms with E-state index in [0.29, 0.717) is 0 Å². The fourth-order valence-corrected chi connectivity index (χ4v) is 1.98. The monoisotopic (exact) mass is 255 g/mol. The number of alkyl halides is 4. The van der Waals surface area contributed by atoms with Crippen molar-refractivity contribution in [2.45, 2.75) is 18.2 Å². The maximum Gasteiger partial charge on any atom is 0.350 e. The summed E-state index contributed by atoms with van der Waals surface area (Å²) in [5.41, 5.74) is -1.24. The molecule has 0 fully saturated rings. The van der Waals surface area contributed by atoms with Crippen molar-refractivity contribution in [1.29, 1.82) is 0 Å². The van der Waals surface area contributed by atoms with Gasteiger partial charge in [-0.15, -0.1) is 23.2 Å². The molecule has 0 aliphatic heterocycles. The smallest absolute Gasteiger partial charge is 0.206 e. The zero-order valence-corrected chi connectivity index (χ0v) is 9.06. The number of halogens is 4. The number of sulfonamides is 1. The summed E-state index contributed by atoms with van der Waals surface area (Å²) in [5.74, 6) is -3.83. The fraction of sp³-hybridized carbons (Fsp3) is 1.00. The van der Waals surface area contributed by atoms with Crippen LogP contribution in [0.25, 0.3) is 0 Å². The number of nitrogens with one attached hydrogen (secondary N) is 1. The van der Waals surface area contributed by atoms with Crippen LogP contribution in [0.3, 0.4) is 0 Å². The van der Waals surface area contributed by atoms with Crippen molar-refractivity contribution in [3.8, 4) is 0 Å². The topological polar surface area (TPSA) is 46.2 Å². The van der Waals surface area contributed by atoms with Gasteiger partial charge in [0, 0.05) is 11.8 Å². The van der Waals surface area contributed by atoms with Crippen molar-refractivity contribution in [2.75, 3.05) is 11.8 Å². The first-order valence-electron chi connectivity index (χ1n) is 3.20. The second kappa shape index (κ2) is 4.72. The molecule has 0 heterocycles. The van der Waals surface area contributed by atoms with Gasteiger partial charge in [0.05, 0.1) is 5.54 Å². The number of hydrogen-bond donors (Lipinski definition) is 1. The normalized spacial score (nSPS) is 13.7. The van der Waals surface area contributed by atoms with Gasteiger partial charge in [0.2, 0.25) is 0 Å². The summed E-state index contributed by atoms with van der Waals surface area (Å²) in [6.07, 6.45) is 0. The van der Waals surface area contributed by atoms with Crippen molar-refractivity contribution in [3.05, 3.63) is 0 Å². The summed E-state index contributed by atoms with van der Waals surface area (Å²) in [6, 6.07) is 0. The molecule has 0 aromatic rings. The van der Waals surface area contributed by atoms with E-state index in [9.17, 15) is 17.2 Å². The van der Waals surface area contributed by atoms with Crippen LogP contribution in [0.5, 0.6) is 0 Å². The second-order valence-corrected chi connectivity index (χ2v) is 4.92. The van der Waals surface area contributed by atoms with Crippen molar-refractivity contribution >= 4 is 33.2 Å². The largest absolute Gasteiger partial charge is 0.350 e. The minimum Gasteiger partial charge on any atom is -0.206 e. The Hall–Kier alpha value is 0.350. The van der Waals surface area contributed by atoms with E-state index in [1.54, 1.807) is 4.72 Å². The van der Waals surface area contributed by atoms with E-state index in [1.807, 2.05) is 0 Å². The fourth-order valence-electron chi connectivity index (χ4n) is 0.478. The predicted octanol–water partition coefficient (Wildman–Crippen LogP) is 1.36. The molecule has 1 N–H and O–H groups in total. The molecule has 0 saturated carbocycles. The van der Waals surface area contributed by atoms with E-state index in [-0.39, 0.29) is 11.8 Å². The molecule has 0 spiro atoms. The highest BCUT2D eigenvalue weighted by atomic mass is 35.5. The molecular weight excluding hydrogens is 247 g/mol. The van der Waals surface area contributed by atoms with Crippen LogP contribution in [0.4, 0.5) is 8.78 Å². The van der Waals surface area contributed by atoms with Gasteiger partial charge in [-0.1, -0.05) is 0 Å². The molecular formula is C5H9Cl2F2NO2S. The Labute approximate surface area is 85.4 Å². The van der Waals surface area contributed by atoms with Crippen molar-refractivity contribution in [2.24, 2.45) is 0 Å². The molecule has 0 aromatic heterocycles. The summed E-state index contributed by atoms with van der Waals surface area (Å²) < 4.78 is 46.9. The van der Waals surface area contributed by atoms with Gasteiger partial charge >= 0.3 is 5.76 Å². The van der Waals surface area contributed by atoms with Gasteiger partial charge < -0.3 is 0 Å². The minimum atomic E-state index is -4.63. The molecule has 0 aromatic carbocycles. The summed E-state index contributed by atoms with van der Waals surface area (Å²) in [4.78, 5) is 0. The molecule has 0 atom stereocenters. The van der Waals surface area contributed by atoms with Crippen LogP contribution < -0.4 is 4.72 Å². The van der Waals surface area contributed by atoms with Crippen molar-refractivity contribution in [1.82, 2.24) is 4.72 Å². The Morgan fingerprint density at radius 3 is 2.00 bits per heavy atom. The van der Waals surface area contributed by atoms with Crippen molar-refractivity contribution in [3.63, 3.8) is 0 Å². The van der Waals surface area contributed by atoms with E-state index in [2.05, 4.69) is 0 Å². The molecule has 0 rings (SSSR count). The van der Waals surface area contributed by atoms with Gasteiger partial charge in [-0.3, -0.25) is 0 Å². The zero-order chi connectivity index (χ0) is 10.7. The molecule has 3 nitrogen and oxygen atoms in total.